The number of phenols is 1. The summed E-state index contributed by atoms with van der Waals surface area (Å²) in [6, 6.07) is 13.5. The van der Waals surface area contributed by atoms with Crippen LogP contribution in [0.1, 0.15) is 22.7 Å². The van der Waals surface area contributed by atoms with Crippen LogP contribution in [0.2, 0.25) is 5.02 Å². The van der Waals surface area contributed by atoms with Crippen molar-refractivity contribution in [3.8, 4) is 5.75 Å². The second kappa shape index (κ2) is 4.06. The van der Waals surface area contributed by atoms with Crippen molar-refractivity contribution in [1.29, 1.82) is 0 Å². The average molecular weight is 246 g/mol. The van der Waals surface area contributed by atoms with Gasteiger partial charge in [0.2, 0.25) is 0 Å². The molecule has 1 aliphatic rings. The molecule has 1 unspecified atom stereocenters. The van der Waals surface area contributed by atoms with E-state index in [2.05, 4.69) is 11.4 Å². The summed E-state index contributed by atoms with van der Waals surface area (Å²) in [6.45, 7) is 0.835. The number of fused-ring (bicyclic) bond motifs is 1. The van der Waals surface area contributed by atoms with Crippen molar-refractivity contribution in [3.63, 3.8) is 0 Å². The molecule has 0 aliphatic carbocycles. The van der Waals surface area contributed by atoms with Crippen molar-refractivity contribution in [2.45, 2.75) is 12.6 Å². The zero-order valence-electron chi connectivity index (χ0n) is 9.15. The van der Waals surface area contributed by atoms with Gasteiger partial charge in [0.05, 0.1) is 6.04 Å². The predicted octanol–water partition coefficient (Wildman–Crippen LogP) is 3.24. The highest BCUT2D eigenvalue weighted by Gasteiger charge is 2.23. The quantitative estimate of drug-likeness (QED) is 0.809. The molecule has 0 aromatic heterocycles. The van der Waals surface area contributed by atoms with E-state index in [0.717, 1.165) is 17.1 Å². The first kappa shape index (κ1) is 10.6. The molecule has 0 radical (unpaired) electrons. The topological polar surface area (TPSA) is 32.3 Å². The molecule has 2 nitrogen and oxygen atoms in total. The fourth-order valence-electron chi connectivity index (χ4n) is 2.30. The molecule has 2 aromatic rings. The standard InChI is InChI=1S/C14H12ClNO/c15-11-3-6-13-10(7-11)8-16-14(13)9-1-4-12(17)5-2-9/h1-7,14,16-17H,8H2. The number of aromatic hydroxyl groups is 1. The minimum atomic E-state index is 0.197. The molecule has 1 heterocycles. The van der Waals surface area contributed by atoms with Crippen LogP contribution >= 0.6 is 11.6 Å². The van der Waals surface area contributed by atoms with Crippen molar-refractivity contribution in [2.75, 3.05) is 0 Å². The Morgan fingerprint density at radius 3 is 2.65 bits per heavy atom. The Labute approximate surface area is 105 Å². The lowest BCUT2D eigenvalue weighted by Crippen LogP contribution is -2.12. The Morgan fingerprint density at radius 1 is 1.12 bits per heavy atom. The van der Waals surface area contributed by atoms with Gasteiger partial charge in [0.25, 0.3) is 0 Å². The molecule has 2 aromatic carbocycles. The predicted molar refractivity (Wildman–Crippen MR) is 68.2 cm³/mol. The maximum absolute atomic E-state index is 9.29. The number of phenolic OH excluding ortho intramolecular Hbond substituents is 1. The second-order valence-corrected chi connectivity index (χ2v) is 4.69. The van der Waals surface area contributed by atoms with E-state index >= 15 is 0 Å². The molecule has 2 N–H and O–H groups in total. The Morgan fingerprint density at radius 2 is 1.88 bits per heavy atom. The highest BCUT2D eigenvalue weighted by atomic mass is 35.5. The van der Waals surface area contributed by atoms with Gasteiger partial charge in [-0.05, 0) is 41.0 Å². The molecule has 0 amide bonds. The molecule has 1 atom stereocenters. The highest BCUT2D eigenvalue weighted by molar-refractivity contribution is 6.30. The van der Waals surface area contributed by atoms with Crippen LogP contribution in [0.15, 0.2) is 42.5 Å². The minimum Gasteiger partial charge on any atom is -0.508 e. The lowest BCUT2D eigenvalue weighted by molar-refractivity contribution is 0.475. The lowest BCUT2D eigenvalue weighted by Gasteiger charge is -2.12. The fraction of sp³-hybridized carbons (Fsp3) is 0.143. The van der Waals surface area contributed by atoms with E-state index in [-0.39, 0.29) is 6.04 Å². The van der Waals surface area contributed by atoms with Crippen LogP contribution in [-0.2, 0) is 6.54 Å². The van der Waals surface area contributed by atoms with Gasteiger partial charge in [-0.2, -0.15) is 0 Å². The van der Waals surface area contributed by atoms with Crippen LogP contribution in [0, 0.1) is 0 Å². The molecule has 0 bridgehead atoms. The Balaban J connectivity index is 2.01. The van der Waals surface area contributed by atoms with E-state index in [9.17, 15) is 5.11 Å². The van der Waals surface area contributed by atoms with Crippen molar-refractivity contribution in [3.05, 3.63) is 64.2 Å². The van der Waals surface area contributed by atoms with Gasteiger partial charge in [-0.1, -0.05) is 29.8 Å². The van der Waals surface area contributed by atoms with Gasteiger partial charge in [-0.3, -0.25) is 0 Å². The summed E-state index contributed by atoms with van der Waals surface area (Å²) >= 11 is 5.98. The number of nitrogens with one attached hydrogen (secondary N) is 1. The van der Waals surface area contributed by atoms with Gasteiger partial charge in [-0.25, -0.2) is 0 Å². The Bertz CT molecular complexity index is 551. The lowest BCUT2D eigenvalue weighted by atomic mass is 9.98. The van der Waals surface area contributed by atoms with Gasteiger partial charge in [0.15, 0.2) is 0 Å². The summed E-state index contributed by atoms with van der Waals surface area (Å²) < 4.78 is 0. The molecule has 17 heavy (non-hydrogen) atoms. The summed E-state index contributed by atoms with van der Waals surface area (Å²) in [5, 5.41) is 13.5. The zero-order valence-corrected chi connectivity index (χ0v) is 9.91. The van der Waals surface area contributed by atoms with E-state index in [1.54, 1.807) is 12.1 Å². The molecule has 0 saturated heterocycles. The maximum Gasteiger partial charge on any atom is 0.115 e. The highest BCUT2D eigenvalue weighted by Crippen LogP contribution is 2.32. The van der Waals surface area contributed by atoms with Gasteiger partial charge in [0.1, 0.15) is 5.75 Å². The monoisotopic (exact) mass is 245 g/mol. The normalized spacial score (nSPS) is 18.1. The summed E-state index contributed by atoms with van der Waals surface area (Å²) in [7, 11) is 0. The summed E-state index contributed by atoms with van der Waals surface area (Å²) in [5.74, 6) is 0.295. The minimum absolute atomic E-state index is 0.197. The summed E-state index contributed by atoms with van der Waals surface area (Å²) in [5.41, 5.74) is 3.67. The SMILES string of the molecule is Oc1ccc(C2NCc3cc(Cl)ccc32)cc1. The third kappa shape index (κ3) is 1.90. The molecule has 0 fully saturated rings. The Kier molecular flexibility index (Phi) is 2.54. The van der Waals surface area contributed by atoms with E-state index < -0.39 is 0 Å². The van der Waals surface area contributed by atoms with Crippen molar-refractivity contribution >= 4 is 11.6 Å². The molecule has 86 valence electrons. The molecule has 1 aliphatic heterocycles. The van der Waals surface area contributed by atoms with Crippen molar-refractivity contribution < 1.29 is 5.11 Å². The third-order valence-electron chi connectivity index (χ3n) is 3.14. The number of benzene rings is 2. The van der Waals surface area contributed by atoms with Gasteiger partial charge in [-0.15, -0.1) is 0 Å². The van der Waals surface area contributed by atoms with Crippen LogP contribution in [0.4, 0.5) is 0 Å². The summed E-state index contributed by atoms with van der Waals surface area (Å²) in [4.78, 5) is 0. The Hall–Kier alpha value is -1.51. The first-order valence-electron chi connectivity index (χ1n) is 5.55. The number of rotatable bonds is 1. The molecule has 3 rings (SSSR count). The van der Waals surface area contributed by atoms with Crippen LogP contribution < -0.4 is 5.32 Å². The molecular weight excluding hydrogens is 234 g/mol. The second-order valence-electron chi connectivity index (χ2n) is 4.25. The first-order chi connectivity index (χ1) is 8.24. The van der Waals surface area contributed by atoms with Gasteiger partial charge < -0.3 is 10.4 Å². The van der Waals surface area contributed by atoms with Crippen LogP contribution in [-0.4, -0.2) is 5.11 Å². The molecule has 0 spiro atoms. The average Bonchev–Trinajstić information content (AvgIpc) is 2.73. The van der Waals surface area contributed by atoms with Gasteiger partial charge in [0, 0.05) is 11.6 Å². The molecule has 0 saturated carbocycles. The fourth-order valence-corrected chi connectivity index (χ4v) is 2.49. The van der Waals surface area contributed by atoms with E-state index in [1.807, 2.05) is 24.3 Å². The molecule has 3 heteroatoms. The van der Waals surface area contributed by atoms with E-state index in [4.69, 9.17) is 11.6 Å². The van der Waals surface area contributed by atoms with Crippen LogP contribution in [0.3, 0.4) is 0 Å². The number of hydrogen-bond acceptors (Lipinski definition) is 2. The smallest absolute Gasteiger partial charge is 0.115 e. The van der Waals surface area contributed by atoms with Crippen LogP contribution in [0.25, 0.3) is 0 Å². The molecular formula is C14H12ClNO. The first-order valence-corrected chi connectivity index (χ1v) is 5.92. The van der Waals surface area contributed by atoms with E-state index in [0.29, 0.717) is 5.75 Å². The van der Waals surface area contributed by atoms with Gasteiger partial charge >= 0.3 is 0 Å². The third-order valence-corrected chi connectivity index (χ3v) is 3.37. The number of halogens is 1. The maximum atomic E-state index is 9.29. The van der Waals surface area contributed by atoms with Crippen molar-refractivity contribution in [1.82, 2.24) is 5.32 Å². The van der Waals surface area contributed by atoms with Crippen molar-refractivity contribution in [2.24, 2.45) is 0 Å². The number of hydrogen-bond donors (Lipinski definition) is 2. The van der Waals surface area contributed by atoms with E-state index in [1.165, 1.54) is 11.1 Å². The zero-order chi connectivity index (χ0) is 11.8. The van der Waals surface area contributed by atoms with Crippen LogP contribution in [0.5, 0.6) is 5.75 Å². The summed E-state index contributed by atoms with van der Waals surface area (Å²) in [6.07, 6.45) is 0. The largest absolute Gasteiger partial charge is 0.508 e.